The Morgan fingerprint density at radius 2 is 1.64 bits per heavy atom. The third-order valence-electron chi connectivity index (χ3n) is 8.12. The van der Waals surface area contributed by atoms with E-state index in [1.165, 1.54) is 5.56 Å². The van der Waals surface area contributed by atoms with Gasteiger partial charge in [0.1, 0.15) is 0 Å². The first kappa shape index (κ1) is 28.0. The van der Waals surface area contributed by atoms with E-state index in [-0.39, 0.29) is 43.2 Å². The Hall–Kier alpha value is -1.06. The smallest absolute Gasteiger partial charge is 0.157 e. The molecule has 1 aromatic rings. The van der Waals surface area contributed by atoms with E-state index in [0.717, 1.165) is 70.8 Å². The van der Waals surface area contributed by atoms with Crippen molar-refractivity contribution in [1.82, 2.24) is 0 Å². The Balaban J connectivity index is 1.41. The van der Waals surface area contributed by atoms with Gasteiger partial charge in [-0.2, -0.15) is 0 Å². The first-order chi connectivity index (χ1) is 17.6. The lowest BCUT2D eigenvalue weighted by atomic mass is 9.84. The molecule has 0 bridgehead atoms. The van der Waals surface area contributed by atoms with Crippen LogP contribution in [0.3, 0.4) is 0 Å². The Bertz CT molecular complexity index is 720. The summed E-state index contributed by atoms with van der Waals surface area (Å²) in [6.07, 6.45) is 8.74. The molecule has 8 atom stereocenters. The van der Waals surface area contributed by atoms with E-state index in [4.69, 9.17) is 18.9 Å². The van der Waals surface area contributed by atoms with E-state index in [2.05, 4.69) is 24.3 Å². The van der Waals surface area contributed by atoms with Gasteiger partial charge >= 0.3 is 0 Å². The minimum absolute atomic E-state index is 0.0426. The molecule has 2 saturated heterocycles. The Kier molecular flexibility index (Phi) is 11.5. The molecule has 3 aliphatic rings. The molecule has 3 N–H and O–H groups in total. The number of aryl methyl sites for hydroxylation is 1. The summed E-state index contributed by atoms with van der Waals surface area (Å²) in [4.78, 5) is 0. The molecule has 204 valence electrons. The van der Waals surface area contributed by atoms with E-state index < -0.39 is 12.2 Å². The zero-order valence-electron chi connectivity index (χ0n) is 21.6. The summed E-state index contributed by atoms with van der Waals surface area (Å²) in [5.74, 6) is -0.0525. The first-order valence-electron chi connectivity index (χ1n) is 14.2. The van der Waals surface area contributed by atoms with Crippen molar-refractivity contribution in [3.63, 3.8) is 0 Å². The van der Waals surface area contributed by atoms with Crippen molar-refractivity contribution in [3.05, 3.63) is 35.9 Å². The van der Waals surface area contributed by atoms with Crippen LogP contribution in [-0.4, -0.2) is 72.1 Å². The van der Waals surface area contributed by atoms with E-state index in [9.17, 15) is 15.3 Å². The summed E-state index contributed by atoms with van der Waals surface area (Å²) in [6.45, 7) is 1.17. The van der Waals surface area contributed by atoms with Crippen LogP contribution >= 0.6 is 0 Å². The summed E-state index contributed by atoms with van der Waals surface area (Å²) in [5, 5.41) is 30.6. The lowest BCUT2D eigenvalue weighted by molar-refractivity contribution is -0.201. The van der Waals surface area contributed by atoms with Crippen molar-refractivity contribution in [1.29, 1.82) is 0 Å². The van der Waals surface area contributed by atoms with Gasteiger partial charge in [-0.25, -0.2) is 0 Å². The Morgan fingerprint density at radius 3 is 2.31 bits per heavy atom. The van der Waals surface area contributed by atoms with Crippen LogP contribution in [0.1, 0.15) is 76.2 Å². The fourth-order valence-electron chi connectivity index (χ4n) is 6.10. The Morgan fingerprint density at radius 1 is 0.917 bits per heavy atom. The van der Waals surface area contributed by atoms with Crippen LogP contribution in [0.5, 0.6) is 0 Å². The van der Waals surface area contributed by atoms with Crippen molar-refractivity contribution < 1.29 is 34.3 Å². The molecule has 1 aliphatic carbocycles. The van der Waals surface area contributed by atoms with E-state index in [0.29, 0.717) is 19.4 Å². The maximum Gasteiger partial charge on any atom is 0.157 e. The predicted octanol–water partition coefficient (Wildman–Crippen LogP) is 3.96. The average molecular weight is 507 g/mol. The first-order valence-corrected chi connectivity index (χ1v) is 14.2. The number of aliphatic hydroxyl groups is 3. The lowest BCUT2D eigenvalue weighted by Crippen LogP contribution is -2.34. The molecule has 2 heterocycles. The number of hydrogen-bond donors (Lipinski definition) is 3. The van der Waals surface area contributed by atoms with Crippen LogP contribution in [0.25, 0.3) is 0 Å². The monoisotopic (exact) mass is 506 g/mol. The number of hydrogen-bond acceptors (Lipinski definition) is 7. The van der Waals surface area contributed by atoms with Crippen LogP contribution in [0.2, 0.25) is 0 Å². The van der Waals surface area contributed by atoms with Gasteiger partial charge < -0.3 is 34.3 Å². The molecular weight excluding hydrogens is 460 g/mol. The van der Waals surface area contributed by atoms with Crippen molar-refractivity contribution in [2.45, 2.75) is 114 Å². The van der Waals surface area contributed by atoms with Crippen LogP contribution in [0.15, 0.2) is 30.3 Å². The Labute approximate surface area is 216 Å². The van der Waals surface area contributed by atoms with Gasteiger partial charge in [0.25, 0.3) is 0 Å². The zero-order valence-corrected chi connectivity index (χ0v) is 21.6. The van der Waals surface area contributed by atoms with Crippen molar-refractivity contribution in [2.75, 3.05) is 19.8 Å². The van der Waals surface area contributed by atoms with E-state index in [1.54, 1.807) is 0 Å². The summed E-state index contributed by atoms with van der Waals surface area (Å²) in [7, 11) is 0. The molecule has 4 rings (SSSR count). The minimum Gasteiger partial charge on any atom is -0.394 e. The molecule has 7 nitrogen and oxygen atoms in total. The van der Waals surface area contributed by atoms with Crippen LogP contribution < -0.4 is 0 Å². The van der Waals surface area contributed by atoms with E-state index >= 15 is 0 Å². The fraction of sp³-hybridized carbons (Fsp3) is 0.793. The van der Waals surface area contributed by atoms with Crippen LogP contribution in [0, 0.1) is 11.8 Å². The zero-order chi connectivity index (χ0) is 25.2. The molecule has 0 amide bonds. The van der Waals surface area contributed by atoms with Crippen molar-refractivity contribution >= 4 is 0 Å². The summed E-state index contributed by atoms with van der Waals surface area (Å²) < 4.78 is 24.6. The molecule has 8 unspecified atom stereocenters. The van der Waals surface area contributed by atoms with Gasteiger partial charge in [0.15, 0.2) is 12.6 Å². The summed E-state index contributed by atoms with van der Waals surface area (Å²) >= 11 is 0. The molecule has 0 spiro atoms. The SMILES string of the molecule is OCC(O)CC1C(O)CC(OC2CCCCO2)C1CCC(CCc1ccccc1)OC1CCCCO1. The van der Waals surface area contributed by atoms with Gasteiger partial charge in [-0.15, -0.1) is 0 Å². The fourth-order valence-corrected chi connectivity index (χ4v) is 6.10. The largest absolute Gasteiger partial charge is 0.394 e. The molecule has 0 aromatic heterocycles. The maximum atomic E-state index is 10.9. The van der Waals surface area contributed by atoms with Gasteiger partial charge in [-0.3, -0.25) is 0 Å². The minimum atomic E-state index is -0.836. The second kappa shape index (κ2) is 14.8. The molecule has 36 heavy (non-hydrogen) atoms. The maximum absolute atomic E-state index is 10.9. The standard InChI is InChI=1S/C29H46O7/c30-20-22(31)18-25-24(27(19-26(25)32)36-29-11-5-7-17-34-29)15-14-23(35-28-10-4-6-16-33-28)13-12-21-8-2-1-3-9-21/h1-3,8-9,22-32H,4-7,10-20H2. The summed E-state index contributed by atoms with van der Waals surface area (Å²) in [5.41, 5.74) is 1.30. The molecule has 1 saturated carbocycles. The highest BCUT2D eigenvalue weighted by Crippen LogP contribution is 2.42. The van der Waals surface area contributed by atoms with Gasteiger partial charge in [0.05, 0.1) is 31.0 Å². The van der Waals surface area contributed by atoms with E-state index in [1.807, 2.05) is 6.07 Å². The number of aliphatic hydroxyl groups excluding tert-OH is 3. The predicted molar refractivity (Wildman–Crippen MR) is 136 cm³/mol. The molecule has 2 aliphatic heterocycles. The van der Waals surface area contributed by atoms with Crippen LogP contribution in [-0.2, 0) is 25.4 Å². The average Bonchev–Trinajstić information content (AvgIpc) is 3.20. The van der Waals surface area contributed by atoms with Gasteiger partial charge in [-0.1, -0.05) is 30.3 Å². The van der Waals surface area contributed by atoms with Crippen LogP contribution in [0.4, 0.5) is 0 Å². The topological polar surface area (TPSA) is 97.6 Å². The normalized spacial score (nSPS) is 32.9. The van der Waals surface area contributed by atoms with Gasteiger partial charge in [0.2, 0.25) is 0 Å². The molecule has 1 aromatic carbocycles. The van der Waals surface area contributed by atoms with Crippen molar-refractivity contribution in [2.24, 2.45) is 11.8 Å². The highest BCUT2D eigenvalue weighted by Gasteiger charge is 2.44. The van der Waals surface area contributed by atoms with Crippen molar-refractivity contribution in [3.8, 4) is 0 Å². The second-order valence-corrected chi connectivity index (χ2v) is 10.8. The number of benzene rings is 1. The summed E-state index contributed by atoms with van der Waals surface area (Å²) in [6, 6.07) is 10.5. The highest BCUT2D eigenvalue weighted by molar-refractivity contribution is 5.14. The van der Waals surface area contributed by atoms with Gasteiger partial charge in [-0.05, 0) is 88.0 Å². The third kappa shape index (κ3) is 8.48. The lowest BCUT2D eigenvalue weighted by Gasteiger charge is -2.33. The molecule has 3 fully saturated rings. The molecule has 7 heteroatoms. The second-order valence-electron chi connectivity index (χ2n) is 10.8. The molecule has 0 radical (unpaired) electrons. The quantitative estimate of drug-likeness (QED) is 0.373. The number of rotatable bonds is 13. The van der Waals surface area contributed by atoms with Gasteiger partial charge in [0, 0.05) is 19.6 Å². The number of ether oxygens (including phenoxy) is 4. The highest BCUT2D eigenvalue weighted by atomic mass is 16.7. The molecular formula is C29H46O7. The third-order valence-corrected chi connectivity index (χ3v) is 8.12.